The van der Waals surface area contributed by atoms with E-state index in [9.17, 15) is 9.59 Å². The van der Waals surface area contributed by atoms with Crippen LogP contribution in [0.25, 0.3) is 10.9 Å². The van der Waals surface area contributed by atoms with Gasteiger partial charge in [0, 0.05) is 42.5 Å². The fourth-order valence-electron chi connectivity index (χ4n) is 4.62. The first kappa shape index (κ1) is 21.2. The summed E-state index contributed by atoms with van der Waals surface area (Å²) in [7, 11) is 0. The Hall–Kier alpha value is -2.68. The number of fused-ring (bicyclic) bond motifs is 1. The first-order valence-electron chi connectivity index (χ1n) is 11.1. The van der Waals surface area contributed by atoms with Crippen LogP contribution in [0.1, 0.15) is 28.1 Å². The summed E-state index contributed by atoms with van der Waals surface area (Å²) in [5.41, 5.74) is 2.05. The molecule has 0 saturated carbocycles. The third kappa shape index (κ3) is 4.44. The van der Waals surface area contributed by atoms with Crippen molar-refractivity contribution in [2.75, 3.05) is 26.3 Å². The summed E-state index contributed by atoms with van der Waals surface area (Å²) >= 11 is 1.37. The molecule has 4 heterocycles. The molecule has 0 spiro atoms. The standard InChI is InChI=1S/C24H27N3O4S/c28-22(21-6-3-13-32-21)26-20(14-17-15-25-19-5-2-1-4-18(17)19)23(29)27-9-7-16(8-10-27)24-30-11-12-31-24/h1-6,13,15-16,20,24-25H,7-12,14H2,(H,26,28). The maximum atomic E-state index is 13.5. The molecule has 1 atom stereocenters. The Morgan fingerprint density at radius 3 is 2.66 bits per heavy atom. The van der Waals surface area contributed by atoms with Crippen LogP contribution in [0.2, 0.25) is 0 Å². The zero-order chi connectivity index (χ0) is 21.9. The van der Waals surface area contributed by atoms with Gasteiger partial charge in [-0.05, 0) is 35.9 Å². The minimum atomic E-state index is -0.626. The number of carbonyl (C=O) groups excluding carboxylic acids is 2. The van der Waals surface area contributed by atoms with Gasteiger partial charge in [-0.1, -0.05) is 24.3 Å². The van der Waals surface area contributed by atoms with Crippen LogP contribution in [0.4, 0.5) is 0 Å². The zero-order valence-electron chi connectivity index (χ0n) is 17.8. The van der Waals surface area contributed by atoms with Gasteiger partial charge in [0.25, 0.3) is 5.91 Å². The van der Waals surface area contributed by atoms with Crippen LogP contribution in [0.15, 0.2) is 48.0 Å². The molecule has 0 bridgehead atoms. The van der Waals surface area contributed by atoms with Gasteiger partial charge in [-0.3, -0.25) is 9.59 Å². The summed E-state index contributed by atoms with van der Waals surface area (Å²) in [6.45, 7) is 2.58. The number of aromatic amines is 1. The van der Waals surface area contributed by atoms with Crippen molar-refractivity contribution < 1.29 is 19.1 Å². The average molecular weight is 454 g/mol. The van der Waals surface area contributed by atoms with Crippen LogP contribution in [0, 0.1) is 5.92 Å². The molecular weight excluding hydrogens is 426 g/mol. The largest absolute Gasteiger partial charge is 0.361 e. The minimum absolute atomic E-state index is 0.0353. The van der Waals surface area contributed by atoms with Gasteiger partial charge in [-0.25, -0.2) is 0 Å². The number of likely N-dealkylation sites (tertiary alicyclic amines) is 1. The summed E-state index contributed by atoms with van der Waals surface area (Å²) in [6, 6.07) is 11.0. The summed E-state index contributed by atoms with van der Waals surface area (Å²) in [4.78, 5) is 32.1. The van der Waals surface area contributed by atoms with Crippen molar-refractivity contribution in [3.05, 3.63) is 58.4 Å². The van der Waals surface area contributed by atoms with Gasteiger partial charge in [0.2, 0.25) is 5.91 Å². The average Bonchev–Trinajstić information content (AvgIpc) is 3.61. The first-order valence-corrected chi connectivity index (χ1v) is 12.0. The maximum Gasteiger partial charge on any atom is 0.262 e. The summed E-state index contributed by atoms with van der Waals surface area (Å²) in [6.07, 6.45) is 3.91. The van der Waals surface area contributed by atoms with E-state index in [1.165, 1.54) is 11.3 Å². The molecule has 8 heteroatoms. The fraction of sp³-hybridized carbons (Fsp3) is 0.417. The lowest BCUT2D eigenvalue weighted by Crippen LogP contribution is -2.52. The molecule has 2 amide bonds. The lowest BCUT2D eigenvalue weighted by atomic mass is 9.95. The number of H-pyrrole nitrogens is 1. The highest BCUT2D eigenvalue weighted by Gasteiger charge is 2.34. The predicted octanol–water partition coefficient (Wildman–Crippen LogP) is 3.18. The van der Waals surface area contributed by atoms with Crippen molar-refractivity contribution in [3.63, 3.8) is 0 Å². The quantitative estimate of drug-likeness (QED) is 0.601. The van der Waals surface area contributed by atoms with E-state index in [0.29, 0.717) is 43.5 Å². The van der Waals surface area contributed by atoms with Crippen LogP contribution < -0.4 is 5.32 Å². The Morgan fingerprint density at radius 1 is 1.12 bits per heavy atom. The van der Waals surface area contributed by atoms with Gasteiger partial charge in [0.05, 0.1) is 18.1 Å². The van der Waals surface area contributed by atoms with Crippen LogP contribution in [-0.2, 0) is 20.7 Å². The molecule has 168 valence electrons. The van der Waals surface area contributed by atoms with Gasteiger partial charge in [-0.15, -0.1) is 11.3 Å². The van der Waals surface area contributed by atoms with E-state index in [1.807, 2.05) is 46.8 Å². The molecule has 32 heavy (non-hydrogen) atoms. The summed E-state index contributed by atoms with van der Waals surface area (Å²) < 4.78 is 11.3. The fourth-order valence-corrected chi connectivity index (χ4v) is 5.25. The number of para-hydroxylation sites is 1. The van der Waals surface area contributed by atoms with Crippen molar-refractivity contribution in [1.82, 2.24) is 15.2 Å². The molecule has 2 aliphatic heterocycles. The van der Waals surface area contributed by atoms with Crippen molar-refractivity contribution in [2.45, 2.75) is 31.6 Å². The van der Waals surface area contributed by atoms with E-state index < -0.39 is 6.04 Å². The third-order valence-corrected chi connectivity index (χ3v) is 7.20. The Kier molecular flexibility index (Phi) is 6.25. The zero-order valence-corrected chi connectivity index (χ0v) is 18.6. The number of ether oxygens (including phenoxy) is 2. The molecule has 0 radical (unpaired) electrons. The Labute approximate surface area is 190 Å². The molecule has 1 aromatic carbocycles. The lowest BCUT2D eigenvalue weighted by Gasteiger charge is -2.35. The lowest BCUT2D eigenvalue weighted by molar-refractivity contribution is -0.138. The third-order valence-electron chi connectivity index (χ3n) is 6.33. The highest BCUT2D eigenvalue weighted by molar-refractivity contribution is 7.12. The number of benzene rings is 1. The van der Waals surface area contributed by atoms with Crippen molar-refractivity contribution in [1.29, 1.82) is 0 Å². The van der Waals surface area contributed by atoms with Gasteiger partial charge in [0.15, 0.2) is 6.29 Å². The summed E-state index contributed by atoms with van der Waals surface area (Å²) in [5, 5.41) is 5.94. The topological polar surface area (TPSA) is 83.7 Å². The SMILES string of the molecule is O=C(NC(Cc1c[nH]c2ccccc12)C(=O)N1CCC(C2OCCO2)CC1)c1cccs1. The number of hydrogen-bond donors (Lipinski definition) is 2. The molecule has 5 rings (SSSR count). The van der Waals surface area contributed by atoms with E-state index in [4.69, 9.17) is 9.47 Å². The van der Waals surface area contributed by atoms with Crippen molar-refractivity contribution in [3.8, 4) is 0 Å². The Morgan fingerprint density at radius 2 is 1.91 bits per heavy atom. The Bertz CT molecular complexity index is 1070. The van der Waals surface area contributed by atoms with E-state index in [0.717, 1.165) is 29.3 Å². The molecule has 0 aliphatic carbocycles. The number of rotatable bonds is 6. The number of piperidine rings is 1. The van der Waals surface area contributed by atoms with Gasteiger partial charge in [-0.2, -0.15) is 0 Å². The first-order chi connectivity index (χ1) is 15.7. The molecule has 2 aliphatic rings. The minimum Gasteiger partial charge on any atom is -0.361 e. The van der Waals surface area contributed by atoms with Crippen LogP contribution in [-0.4, -0.2) is 60.3 Å². The normalized spacial score (nSPS) is 18.8. The molecule has 3 aromatic rings. The van der Waals surface area contributed by atoms with E-state index in [2.05, 4.69) is 10.3 Å². The van der Waals surface area contributed by atoms with E-state index in [1.54, 1.807) is 6.07 Å². The molecule has 2 fully saturated rings. The molecule has 2 aromatic heterocycles. The second-order valence-corrected chi connectivity index (χ2v) is 9.29. The van der Waals surface area contributed by atoms with Gasteiger partial charge < -0.3 is 24.7 Å². The number of thiophene rings is 1. The second-order valence-electron chi connectivity index (χ2n) is 8.34. The molecule has 2 saturated heterocycles. The summed E-state index contributed by atoms with van der Waals surface area (Å²) in [5.74, 6) is 0.0713. The highest BCUT2D eigenvalue weighted by Crippen LogP contribution is 2.27. The number of carbonyl (C=O) groups is 2. The molecular formula is C24H27N3O4S. The van der Waals surface area contributed by atoms with Crippen LogP contribution in [0.3, 0.4) is 0 Å². The van der Waals surface area contributed by atoms with Crippen molar-refractivity contribution >= 4 is 34.1 Å². The monoisotopic (exact) mass is 453 g/mol. The number of hydrogen-bond acceptors (Lipinski definition) is 5. The van der Waals surface area contributed by atoms with Gasteiger partial charge in [0.1, 0.15) is 6.04 Å². The van der Waals surface area contributed by atoms with Crippen LogP contribution >= 0.6 is 11.3 Å². The second kappa shape index (κ2) is 9.44. The number of nitrogens with one attached hydrogen (secondary N) is 2. The number of nitrogens with zero attached hydrogens (tertiary/aromatic N) is 1. The molecule has 2 N–H and O–H groups in total. The molecule has 1 unspecified atom stereocenters. The maximum absolute atomic E-state index is 13.5. The van der Waals surface area contributed by atoms with E-state index in [-0.39, 0.29) is 18.1 Å². The van der Waals surface area contributed by atoms with Crippen LogP contribution in [0.5, 0.6) is 0 Å². The number of amides is 2. The van der Waals surface area contributed by atoms with E-state index >= 15 is 0 Å². The number of aromatic nitrogens is 1. The smallest absolute Gasteiger partial charge is 0.262 e. The van der Waals surface area contributed by atoms with Crippen molar-refractivity contribution in [2.24, 2.45) is 5.92 Å². The highest BCUT2D eigenvalue weighted by atomic mass is 32.1. The Balaban J connectivity index is 1.31. The van der Waals surface area contributed by atoms with Gasteiger partial charge >= 0.3 is 0 Å². The molecule has 7 nitrogen and oxygen atoms in total. The predicted molar refractivity (Wildman–Crippen MR) is 123 cm³/mol.